The maximum atomic E-state index is 15.0. The number of esters is 1. The van der Waals surface area contributed by atoms with Crippen LogP contribution in [0.25, 0.3) is 11.1 Å². The Morgan fingerprint density at radius 3 is 2.18 bits per heavy atom. The van der Waals surface area contributed by atoms with Gasteiger partial charge in [-0.05, 0) is 77.5 Å². The number of pyridine rings is 1. The quantitative estimate of drug-likeness (QED) is 0.390. The van der Waals surface area contributed by atoms with Crippen LogP contribution in [0, 0.1) is 24.0 Å². The summed E-state index contributed by atoms with van der Waals surface area (Å²) >= 11 is 0. The van der Waals surface area contributed by atoms with Crippen molar-refractivity contribution in [3.8, 4) is 16.9 Å². The first kappa shape index (κ1) is 30.8. The molecule has 2 aromatic rings. The lowest BCUT2D eigenvalue weighted by molar-refractivity contribution is -0.171. The zero-order valence-corrected chi connectivity index (χ0v) is 24.6. The van der Waals surface area contributed by atoms with Crippen LogP contribution in [0.5, 0.6) is 5.75 Å². The van der Waals surface area contributed by atoms with Gasteiger partial charge >= 0.3 is 5.97 Å². The maximum Gasteiger partial charge on any atom is 0.340 e. The molecule has 1 saturated heterocycles. The van der Waals surface area contributed by atoms with Gasteiger partial charge in [0.25, 0.3) is 0 Å². The summed E-state index contributed by atoms with van der Waals surface area (Å²) in [5.41, 5.74) is 1.62. The number of hydrogen-bond donors (Lipinski definition) is 1. The van der Waals surface area contributed by atoms with Gasteiger partial charge in [0.15, 0.2) is 23.5 Å². The predicted octanol–water partition coefficient (Wildman–Crippen LogP) is 6.27. The molecular weight excluding hydrogens is 506 g/mol. The summed E-state index contributed by atoms with van der Waals surface area (Å²) in [7, 11) is 1.20. The van der Waals surface area contributed by atoms with Gasteiger partial charge in [-0.3, -0.25) is 4.98 Å². The Hall–Kier alpha value is -2.78. The van der Waals surface area contributed by atoms with Crippen LogP contribution in [-0.4, -0.2) is 48.0 Å². The van der Waals surface area contributed by atoms with E-state index in [2.05, 4.69) is 23.7 Å². The van der Waals surface area contributed by atoms with Crippen LogP contribution in [-0.2, 0) is 20.9 Å². The van der Waals surface area contributed by atoms with E-state index in [0.717, 1.165) is 12.8 Å². The number of benzene rings is 1. The lowest BCUT2D eigenvalue weighted by Crippen LogP contribution is -2.39. The Kier molecular flexibility index (Phi) is 9.27. The fourth-order valence-electron chi connectivity index (χ4n) is 4.93. The van der Waals surface area contributed by atoms with Crippen LogP contribution in [0.4, 0.5) is 14.5 Å². The number of aliphatic hydroxyl groups is 1. The van der Waals surface area contributed by atoms with Gasteiger partial charge in [-0.1, -0.05) is 13.8 Å². The van der Waals surface area contributed by atoms with Crippen molar-refractivity contribution < 1.29 is 32.9 Å². The van der Waals surface area contributed by atoms with Crippen molar-refractivity contribution in [2.45, 2.75) is 92.6 Å². The lowest BCUT2D eigenvalue weighted by atomic mass is 9.81. The van der Waals surface area contributed by atoms with E-state index in [1.54, 1.807) is 20.8 Å². The zero-order valence-electron chi connectivity index (χ0n) is 24.6. The zero-order chi connectivity index (χ0) is 29.3. The van der Waals surface area contributed by atoms with E-state index in [4.69, 9.17) is 14.2 Å². The summed E-state index contributed by atoms with van der Waals surface area (Å²) in [4.78, 5) is 20.3. The predicted molar refractivity (Wildman–Crippen MR) is 147 cm³/mol. The minimum Gasteiger partial charge on any atom is -0.491 e. The van der Waals surface area contributed by atoms with E-state index >= 15 is 0 Å². The molecule has 3 rings (SSSR count). The molecular formula is C30H42F2N2O5. The number of hydrogen-bond acceptors (Lipinski definition) is 7. The average Bonchev–Trinajstić information content (AvgIpc) is 2.81. The normalized spacial score (nSPS) is 16.4. The molecule has 0 spiro atoms. The number of aryl methyl sites for hydroxylation is 1. The smallest absolute Gasteiger partial charge is 0.340 e. The molecule has 1 fully saturated rings. The third-order valence-electron chi connectivity index (χ3n) is 6.85. The summed E-state index contributed by atoms with van der Waals surface area (Å²) in [5, 5.41) is 10.4. The number of halogens is 2. The van der Waals surface area contributed by atoms with Gasteiger partial charge in [0.05, 0.1) is 36.8 Å². The minimum absolute atomic E-state index is 0.106. The topological polar surface area (TPSA) is 81.1 Å². The number of aromatic nitrogens is 1. The van der Waals surface area contributed by atoms with Gasteiger partial charge in [-0.15, -0.1) is 0 Å². The number of ether oxygens (including phenoxy) is 3. The molecule has 39 heavy (non-hydrogen) atoms. The Morgan fingerprint density at radius 1 is 1.15 bits per heavy atom. The molecule has 1 aliphatic rings. The fraction of sp³-hybridized carbons (Fsp3) is 0.600. The molecule has 216 valence electrons. The average molecular weight is 549 g/mol. The van der Waals surface area contributed by atoms with Crippen LogP contribution in [0.2, 0.25) is 0 Å². The number of carbonyl (C=O) groups excluding carboxylic acids is 1. The standard InChI is InChI=1S/C30H42F2N2O5/c1-17(2)38-28(36)27(39-29(4,5)6)23-18(3)33-22(16-35)24(19-14-20(31)26(37-9)21(32)15-19)25(23)34-12-10-30(7,8)11-13-34/h14-15,17,27,35H,10-13,16H2,1-9H3. The van der Waals surface area contributed by atoms with Crippen LogP contribution >= 0.6 is 0 Å². The third-order valence-corrected chi connectivity index (χ3v) is 6.85. The highest BCUT2D eigenvalue weighted by Gasteiger charge is 2.38. The van der Waals surface area contributed by atoms with E-state index in [1.807, 2.05) is 20.8 Å². The van der Waals surface area contributed by atoms with E-state index in [-0.39, 0.29) is 16.7 Å². The van der Waals surface area contributed by atoms with Crippen LogP contribution in [0.1, 0.15) is 84.4 Å². The van der Waals surface area contributed by atoms with Crippen molar-refractivity contribution in [1.82, 2.24) is 4.98 Å². The number of methoxy groups -OCH3 is 1. The highest BCUT2D eigenvalue weighted by atomic mass is 19.1. The van der Waals surface area contributed by atoms with Gasteiger partial charge in [-0.2, -0.15) is 0 Å². The van der Waals surface area contributed by atoms with Crippen molar-refractivity contribution in [1.29, 1.82) is 0 Å². The Balaban J connectivity index is 2.41. The number of piperidine rings is 1. The van der Waals surface area contributed by atoms with Crippen molar-refractivity contribution in [3.63, 3.8) is 0 Å². The molecule has 0 amide bonds. The van der Waals surface area contributed by atoms with Gasteiger partial charge in [-0.25, -0.2) is 13.6 Å². The van der Waals surface area contributed by atoms with Crippen LogP contribution < -0.4 is 9.64 Å². The van der Waals surface area contributed by atoms with Gasteiger partial charge in [0, 0.05) is 29.9 Å². The third kappa shape index (κ3) is 7.06. The highest BCUT2D eigenvalue weighted by molar-refractivity contribution is 5.88. The summed E-state index contributed by atoms with van der Waals surface area (Å²) in [6, 6.07) is 2.33. The first-order valence-corrected chi connectivity index (χ1v) is 13.4. The molecule has 1 aromatic carbocycles. The first-order valence-electron chi connectivity index (χ1n) is 13.4. The maximum absolute atomic E-state index is 15.0. The molecule has 7 nitrogen and oxygen atoms in total. The molecule has 1 aliphatic heterocycles. The van der Waals surface area contributed by atoms with Gasteiger partial charge in [0.1, 0.15) is 0 Å². The van der Waals surface area contributed by atoms with Gasteiger partial charge < -0.3 is 24.2 Å². The van der Waals surface area contributed by atoms with Crippen molar-refractivity contribution in [2.24, 2.45) is 5.41 Å². The molecule has 1 aromatic heterocycles. The molecule has 0 bridgehead atoms. The second kappa shape index (κ2) is 11.8. The molecule has 9 heteroatoms. The van der Waals surface area contributed by atoms with Crippen LogP contribution in [0.3, 0.4) is 0 Å². The Bertz CT molecular complexity index is 1170. The number of carbonyl (C=O) groups is 1. The molecule has 0 saturated carbocycles. The van der Waals surface area contributed by atoms with E-state index in [1.165, 1.54) is 19.2 Å². The fourth-order valence-corrected chi connectivity index (χ4v) is 4.93. The van der Waals surface area contributed by atoms with E-state index < -0.39 is 47.8 Å². The first-order chi connectivity index (χ1) is 18.1. The summed E-state index contributed by atoms with van der Waals surface area (Å²) in [6.07, 6.45) is 0.157. The molecule has 1 unspecified atom stereocenters. The SMILES string of the molecule is COc1c(F)cc(-c2c(CO)nc(C)c(C(OC(C)(C)C)C(=O)OC(C)C)c2N2CCC(C)(C)CC2)cc1F. The Morgan fingerprint density at radius 2 is 1.72 bits per heavy atom. The molecule has 1 atom stereocenters. The minimum atomic E-state index is -1.16. The van der Waals surface area contributed by atoms with Crippen molar-refractivity contribution in [2.75, 3.05) is 25.1 Å². The summed E-state index contributed by atoms with van der Waals surface area (Å²) < 4.78 is 46.8. The highest BCUT2D eigenvalue weighted by Crippen LogP contribution is 2.46. The largest absolute Gasteiger partial charge is 0.491 e. The molecule has 2 heterocycles. The monoisotopic (exact) mass is 548 g/mol. The number of aliphatic hydroxyl groups excluding tert-OH is 1. The van der Waals surface area contributed by atoms with E-state index in [0.29, 0.717) is 35.6 Å². The second-order valence-electron chi connectivity index (χ2n) is 12.2. The second-order valence-corrected chi connectivity index (χ2v) is 12.2. The number of nitrogens with zero attached hydrogens (tertiary/aromatic N) is 2. The number of rotatable bonds is 8. The lowest BCUT2D eigenvalue weighted by Gasteiger charge is -2.41. The molecule has 0 aliphatic carbocycles. The van der Waals surface area contributed by atoms with Crippen molar-refractivity contribution >= 4 is 11.7 Å². The van der Waals surface area contributed by atoms with E-state index in [9.17, 15) is 18.7 Å². The molecule has 1 N–H and O–H groups in total. The van der Waals surface area contributed by atoms with Crippen LogP contribution in [0.15, 0.2) is 12.1 Å². The Labute approximate surface area is 230 Å². The van der Waals surface area contributed by atoms with Crippen molar-refractivity contribution in [3.05, 3.63) is 40.7 Å². The number of anilines is 1. The summed E-state index contributed by atoms with van der Waals surface area (Å²) in [5.74, 6) is -2.85. The van der Waals surface area contributed by atoms with Gasteiger partial charge in [0.2, 0.25) is 0 Å². The molecule has 0 radical (unpaired) electrons. The summed E-state index contributed by atoms with van der Waals surface area (Å²) in [6.45, 7) is 16.0.